The largest absolute Gasteiger partial charge is 0.380 e. The number of nitrogens with zero attached hydrogens (tertiary/aromatic N) is 4. The molecule has 4 heterocycles. The maximum absolute atomic E-state index is 5.25. The molecule has 106 valence electrons. The van der Waals surface area contributed by atoms with Crippen molar-refractivity contribution in [2.75, 3.05) is 13.2 Å². The predicted octanol–water partition coefficient (Wildman–Crippen LogP) is 2.55. The topological polar surface area (TPSA) is 52.8 Å². The number of aromatic nitrogens is 4. The van der Waals surface area contributed by atoms with Crippen LogP contribution in [0.4, 0.5) is 0 Å². The molecule has 21 heavy (non-hydrogen) atoms. The zero-order valence-corrected chi connectivity index (χ0v) is 12.1. The molecular weight excluding hydrogens is 264 g/mol. The lowest BCUT2D eigenvalue weighted by atomic mass is 10.0. The highest BCUT2D eigenvalue weighted by Gasteiger charge is 2.22. The van der Waals surface area contributed by atoms with Gasteiger partial charge in [-0.25, -0.2) is 9.67 Å². The van der Waals surface area contributed by atoms with Gasteiger partial charge in [-0.3, -0.25) is 4.98 Å². The van der Waals surface area contributed by atoms with E-state index in [1.54, 1.807) is 0 Å². The summed E-state index contributed by atoms with van der Waals surface area (Å²) in [4.78, 5) is 9.11. The fourth-order valence-electron chi connectivity index (χ4n) is 2.62. The number of fused-ring (bicyclic) bond motifs is 1. The average Bonchev–Trinajstić information content (AvgIpc) is 2.74. The Morgan fingerprint density at radius 3 is 2.86 bits per heavy atom. The van der Waals surface area contributed by atoms with Gasteiger partial charge in [0.15, 0.2) is 5.82 Å². The minimum Gasteiger partial charge on any atom is -0.380 e. The molecule has 0 aliphatic carbocycles. The Balaban J connectivity index is 1.88. The molecule has 4 rings (SSSR count). The molecule has 5 heteroatoms. The summed E-state index contributed by atoms with van der Waals surface area (Å²) in [5, 5.41) is 5.70. The lowest BCUT2D eigenvalue weighted by Crippen LogP contribution is -2.26. The molecule has 1 aliphatic heterocycles. The Morgan fingerprint density at radius 1 is 1.24 bits per heavy atom. The Hall–Kier alpha value is -2.27. The number of aryl methyl sites for hydroxylation is 2. The molecule has 3 aromatic heterocycles. The van der Waals surface area contributed by atoms with Crippen LogP contribution in [-0.4, -0.2) is 33.0 Å². The summed E-state index contributed by atoms with van der Waals surface area (Å²) in [6.45, 7) is 5.51. The Bertz CT molecular complexity index is 820. The second kappa shape index (κ2) is 4.63. The van der Waals surface area contributed by atoms with Crippen molar-refractivity contribution in [3.05, 3.63) is 47.5 Å². The molecule has 0 aromatic carbocycles. The van der Waals surface area contributed by atoms with Gasteiger partial charge in [-0.15, -0.1) is 0 Å². The smallest absolute Gasteiger partial charge is 0.154 e. The van der Waals surface area contributed by atoms with Gasteiger partial charge in [0.25, 0.3) is 0 Å². The van der Waals surface area contributed by atoms with Crippen molar-refractivity contribution in [3.8, 4) is 5.82 Å². The van der Waals surface area contributed by atoms with Crippen LogP contribution in [0.2, 0.25) is 0 Å². The predicted molar refractivity (Wildman–Crippen MR) is 79.7 cm³/mol. The average molecular weight is 280 g/mol. The van der Waals surface area contributed by atoms with E-state index >= 15 is 0 Å². The molecule has 3 aromatic rings. The summed E-state index contributed by atoms with van der Waals surface area (Å²) in [7, 11) is 0. The van der Waals surface area contributed by atoms with Crippen molar-refractivity contribution in [1.82, 2.24) is 19.7 Å². The van der Waals surface area contributed by atoms with Gasteiger partial charge in [-0.1, -0.05) is 6.07 Å². The summed E-state index contributed by atoms with van der Waals surface area (Å²) >= 11 is 0. The van der Waals surface area contributed by atoms with E-state index in [0.717, 1.165) is 47.0 Å². The van der Waals surface area contributed by atoms with Gasteiger partial charge in [0.05, 0.1) is 30.1 Å². The SMILES string of the molecule is Cc1cc2c(cn1)c(C)nn2-c1cccc(C2COC2)n1. The first-order chi connectivity index (χ1) is 10.2. The first-order valence-electron chi connectivity index (χ1n) is 7.09. The second-order valence-corrected chi connectivity index (χ2v) is 5.50. The van der Waals surface area contributed by atoms with E-state index in [1.807, 2.05) is 36.9 Å². The number of pyridine rings is 2. The molecule has 1 saturated heterocycles. The number of rotatable bonds is 2. The van der Waals surface area contributed by atoms with Gasteiger partial charge in [-0.05, 0) is 32.0 Å². The maximum atomic E-state index is 5.25. The van der Waals surface area contributed by atoms with Crippen LogP contribution in [0.25, 0.3) is 16.7 Å². The van der Waals surface area contributed by atoms with Gasteiger partial charge < -0.3 is 4.74 Å². The lowest BCUT2D eigenvalue weighted by Gasteiger charge is -2.25. The van der Waals surface area contributed by atoms with Crippen molar-refractivity contribution >= 4 is 10.9 Å². The minimum absolute atomic E-state index is 0.413. The van der Waals surface area contributed by atoms with Gasteiger partial charge in [-0.2, -0.15) is 5.10 Å². The monoisotopic (exact) mass is 280 g/mol. The van der Waals surface area contributed by atoms with Crippen molar-refractivity contribution in [2.45, 2.75) is 19.8 Å². The standard InChI is InChI=1S/C16H16N4O/c1-10-6-15-13(7-17-10)11(2)19-20(15)16-5-3-4-14(18-16)12-8-21-9-12/h3-7,12H,8-9H2,1-2H3. The normalized spacial score (nSPS) is 15.3. The van der Waals surface area contributed by atoms with Crippen molar-refractivity contribution in [3.63, 3.8) is 0 Å². The number of hydrogen-bond acceptors (Lipinski definition) is 4. The fourth-order valence-corrected chi connectivity index (χ4v) is 2.62. The molecular formula is C16H16N4O. The number of hydrogen-bond donors (Lipinski definition) is 0. The molecule has 1 aliphatic rings. The summed E-state index contributed by atoms with van der Waals surface area (Å²) in [6, 6.07) is 8.13. The van der Waals surface area contributed by atoms with E-state index in [-0.39, 0.29) is 0 Å². The molecule has 0 saturated carbocycles. The molecule has 0 spiro atoms. The third-order valence-electron chi connectivity index (χ3n) is 3.92. The molecule has 5 nitrogen and oxygen atoms in total. The molecule has 0 radical (unpaired) electrons. The van der Waals surface area contributed by atoms with Crippen molar-refractivity contribution < 1.29 is 4.74 Å². The molecule has 0 bridgehead atoms. The van der Waals surface area contributed by atoms with Crippen LogP contribution in [0.3, 0.4) is 0 Å². The summed E-state index contributed by atoms with van der Waals surface area (Å²) in [6.07, 6.45) is 1.88. The third-order valence-corrected chi connectivity index (χ3v) is 3.92. The molecule has 0 unspecified atom stereocenters. The molecule has 1 fully saturated rings. The highest BCUT2D eigenvalue weighted by atomic mass is 16.5. The fraction of sp³-hybridized carbons (Fsp3) is 0.312. The van der Waals surface area contributed by atoms with Gasteiger partial charge in [0.1, 0.15) is 0 Å². The van der Waals surface area contributed by atoms with Crippen LogP contribution in [-0.2, 0) is 4.74 Å². The van der Waals surface area contributed by atoms with Gasteiger partial charge in [0.2, 0.25) is 0 Å². The maximum Gasteiger partial charge on any atom is 0.154 e. The summed E-state index contributed by atoms with van der Waals surface area (Å²) in [5.74, 6) is 1.26. The van der Waals surface area contributed by atoms with E-state index in [2.05, 4.69) is 22.2 Å². The van der Waals surface area contributed by atoms with Crippen LogP contribution in [0, 0.1) is 13.8 Å². The van der Waals surface area contributed by atoms with Crippen LogP contribution in [0.5, 0.6) is 0 Å². The third kappa shape index (κ3) is 2.01. The van der Waals surface area contributed by atoms with E-state index in [0.29, 0.717) is 5.92 Å². The Morgan fingerprint density at radius 2 is 2.10 bits per heavy atom. The van der Waals surface area contributed by atoms with Gasteiger partial charge >= 0.3 is 0 Å². The highest BCUT2D eigenvalue weighted by molar-refractivity contribution is 5.82. The lowest BCUT2D eigenvalue weighted by molar-refractivity contribution is 0.00671. The molecule has 0 amide bonds. The Kier molecular flexibility index (Phi) is 2.75. The van der Waals surface area contributed by atoms with Crippen LogP contribution in [0.1, 0.15) is 23.0 Å². The van der Waals surface area contributed by atoms with E-state index in [4.69, 9.17) is 9.72 Å². The number of ether oxygens (including phenoxy) is 1. The highest BCUT2D eigenvalue weighted by Crippen LogP contribution is 2.25. The minimum atomic E-state index is 0.413. The van der Waals surface area contributed by atoms with Gasteiger partial charge in [0, 0.05) is 23.2 Å². The van der Waals surface area contributed by atoms with E-state index in [9.17, 15) is 0 Å². The van der Waals surface area contributed by atoms with Crippen LogP contribution >= 0.6 is 0 Å². The van der Waals surface area contributed by atoms with Crippen molar-refractivity contribution in [2.24, 2.45) is 0 Å². The quantitative estimate of drug-likeness (QED) is 0.724. The molecule has 0 atom stereocenters. The van der Waals surface area contributed by atoms with Crippen molar-refractivity contribution in [1.29, 1.82) is 0 Å². The van der Waals surface area contributed by atoms with E-state index in [1.165, 1.54) is 0 Å². The van der Waals surface area contributed by atoms with Crippen LogP contribution < -0.4 is 0 Å². The summed E-state index contributed by atoms with van der Waals surface area (Å²) in [5.41, 5.74) is 4.07. The zero-order valence-electron chi connectivity index (χ0n) is 12.1. The van der Waals surface area contributed by atoms with E-state index < -0.39 is 0 Å². The Labute approximate surface area is 122 Å². The van der Waals surface area contributed by atoms with Crippen LogP contribution in [0.15, 0.2) is 30.5 Å². The zero-order chi connectivity index (χ0) is 14.4. The second-order valence-electron chi connectivity index (χ2n) is 5.50. The first kappa shape index (κ1) is 12.5. The molecule has 0 N–H and O–H groups in total. The first-order valence-corrected chi connectivity index (χ1v) is 7.09. The summed E-state index contributed by atoms with van der Waals surface area (Å²) < 4.78 is 7.16.